The van der Waals surface area contributed by atoms with Gasteiger partial charge in [0.2, 0.25) is 24.2 Å². The number of nitrogens with two attached hydrogens (primary N) is 1. The fraction of sp³-hybridized carbons (Fsp3) is 0.0455. The molecule has 0 aliphatic rings. The zero-order valence-electron chi connectivity index (χ0n) is 16.8. The maximum atomic E-state index is 13.5. The first kappa shape index (κ1) is 23.7. The van der Waals surface area contributed by atoms with E-state index in [9.17, 15) is 21.2 Å². The molecule has 33 heavy (non-hydrogen) atoms. The molecule has 0 aliphatic carbocycles. The maximum Gasteiger partial charge on any atom is 0.238 e. The maximum absolute atomic E-state index is 13.5. The van der Waals surface area contributed by atoms with E-state index in [0.717, 1.165) is 15.8 Å². The predicted molar refractivity (Wildman–Crippen MR) is 129 cm³/mol. The van der Waals surface area contributed by atoms with Crippen molar-refractivity contribution in [3.8, 4) is 21.7 Å². The Balaban J connectivity index is 1.81. The monoisotopic (exact) mass is 566 g/mol. The molecule has 170 valence electrons. The van der Waals surface area contributed by atoms with Gasteiger partial charge in [-0.15, -0.1) is 11.3 Å². The summed E-state index contributed by atoms with van der Waals surface area (Å²) in [7, 11) is -7.66. The van der Waals surface area contributed by atoms with Crippen LogP contribution in [0.5, 0.6) is 0 Å². The molecule has 11 heteroatoms. The number of benzene rings is 3. The number of sulfone groups is 1. The van der Waals surface area contributed by atoms with E-state index in [1.165, 1.54) is 48.5 Å². The lowest BCUT2D eigenvalue weighted by molar-refractivity contribution is 0.593. The Hall–Kier alpha value is -2.44. The lowest BCUT2D eigenvalue weighted by atomic mass is 10.1. The number of halogens is 2. The largest absolute Gasteiger partial charge is 0.238 e. The van der Waals surface area contributed by atoms with Gasteiger partial charge in [-0.05, 0) is 59.7 Å². The van der Waals surface area contributed by atoms with Crippen LogP contribution < -0.4 is 5.14 Å². The number of nitrogens with zero attached hydrogens (tertiary/aromatic N) is 1. The second-order valence-electron chi connectivity index (χ2n) is 7.12. The third kappa shape index (κ3) is 5.39. The highest BCUT2D eigenvalue weighted by atomic mass is 79.9. The van der Waals surface area contributed by atoms with Crippen LogP contribution in [0.1, 0.15) is 5.56 Å². The highest BCUT2D eigenvalue weighted by Crippen LogP contribution is 2.39. The van der Waals surface area contributed by atoms with Crippen molar-refractivity contribution in [1.82, 2.24) is 4.98 Å². The average Bonchev–Trinajstić information content (AvgIpc) is 3.22. The summed E-state index contributed by atoms with van der Waals surface area (Å²) in [6.45, 7) is 0. The van der Waals surface area contributed by atoms with Gasteiger partial charge in [0, 0.05) is 10.0 Å². The molecule has 0 fully saturated rings. The van der Waals surface area contributed by atoms with Crippen LogP contribution in [-0.4, -0.2) is 21.8 Å². The second-order valence-corrected chi connectivity index (χ2v) is 12.8. The number of hydrogen-bond donors (Lipinski definition) is 1. The number of aromatic nitrogens is 1. The zero-order valence-corrected chi connectivity index (χ0v) is 20.8. The Bertz CT molecular complexity index is 1520. The number of rotatable bonds is 6. The molecule has 0 saturated heterocycles. The van der Waals surface area contributed by atoms with Crippen LogP contribution >= 0.6 is 27.3 Å². The van der Waals surface area contributed by atoms with Crippen LogP contribution in [0.4, 0.5) is 4.39 Å². The van der Waals surface area contributed by atoms with E-state index in [1.807, 2.05) is 0 Å². The molecule has 0 spiro atoms. The van der Waals surface area contributed by atoms with Gasteiger partial charge in [-0.25, -0.2) is 31.3 Å². The summed E-state index contributed by atoms with van der Waals surface area (Å²) in [6.07, 6.45) is 0. The van der Waals surface area contributed by atoms with Crippen molar-refractivity contribution in [2.24, 2.45) is 5.14 Å². The molecule has 3 aromatic carbocycles. The Morgan fingerprint density at radius 1 is 0.848 bits per heavy atom. The van der Waals surface area contributed by atoms with Gasteiger partial charge in [-0.1, -0.05) is 40.2 Å². The molecule has 0 unspecified atom stereocenters. The molecule has 0 amide bonds. The minimum absolute atomic E-state index is 0.0674. The second kappa shape index (κ2) is 9.07. The zero-order chi connectivity index (χ0) is 23.8. The third-order valence-corrected chi connectivity index (χ3v) is 9.41. The van der Waals surface area contributed by atoms with Gasteiger partial charge in [-0.3, -0.25) is 0 Å². The summed E-state index contributed by atoms with van der Waals surface area (Å²) in [6, 6.07) is 18.2. The summed E-state index contributed by atoms with van der Waals surface area (Å²) < 4.78 is 63.6. The van der Waals surface area contributed by atoms with E-state index in [4.69, 9.17) is 5.14 Å². The van der Waals surface area contributed by atoms with Crippen LogP contribution in [0.3, 0.4) is 0 Å². The van der Waals surface area contributed by atoms with Gasteiger partial charge in [-0.2, -0.15) is 0 Å². The van der Waals surface area contributed by atoms with Gasteiger partial charge in [0.25, 0.3) is 0 Å². The fourth-order valence-electron chi connectivity index (χ4n) is 3.09. The molecule has 0 atom stereocenters. The van der Waals surface area contributed by atoms with E-state index in [2.05, 4.69) is 20.9 Å². The molecule has 0 aliphatic heterocycles. The van der Waals surface area contributed by atoms with Crippen molar-refractivity contribution in [3.05, 3.63) is 88.6 Å². The van der Waals surface area contributed by atoms with Crippen LogP contribution in [0.25, 0.3) is 21.7 Å². The molecule has 4 aromatic rings. The van der Waals surface area contributed by atoms with Gasteiger partial charge in [0.15, 0.2) is 0 Å². The lowest BCUT2D eigenvalue weighted by Crippen LogP contribution is -2.11. The van der Waals surface area contributed by atoms with E-state index in [0.29, 0.717) is 27.3 Å². The fourth-order valence-corrected chi connectivity index (χ4v) is 6.62. The standard InChI is InChI=1S/C22H16BrFN2O4S3/c23-17-7-1-14(2-8-17)13-32(27,28)22-26-20(15-3-9-18(24)10-4-15)21(31-22)16-5-11-19(12-6-16)33(25,29)30/h1-12H,13H2,(H2,25,29,30). The van der Waals surface area contributed by atoms with Crippen molar-refractivity contribution in [3.63, 3.8) is 0 Å². The van der Waals surface area contributed by atoms with Gasteiger partial charge >= 0.3 is 0 Å². The van der Waals surface area contributed by atoms with Crippen molar-refractivity contribution >= 4 is 47.1 Å². The highest BCUT2D eigenvalue weighted by molar-refractivity contribution is 9.10. The van der Waals surface area contributed by atoms with E-state index >= 15 is 0 Å². The summed E-state index contributed by atoms with van der Waals surface area (Å²) in [5, 5.41) is 5.17. The lowest BCUT2D eigenvalue weighted by Gasteiger charge is -2.04. The first-order chi connectivity index (χ1) is 15.5. The van der Waals surface area contributed by atoms with Crippen molar-refractivity contribution < 1.29 is 21.2 Å². The predicted octanol–water partition coefficient (Wildman–Crippen LogP) is 5.00. The summed E-state index contributed by atoms with van der Waals surface area (Å²) in [5.41, 5.74) is 2.06. The van der Waals surface area contributed by atoms with E-state index in [1.54, 1.807) is 24.3 Å². The van der Waals surface area contributed by atoms with E-state index < -0.39 is 25.7 Å². The highest BCUT2D eigenvalue weighted by Gasteiger charge is 2.25. The molecule has 6 nitrogen and oxygen atoms in total. The molecule has 1 heterocycles. The minimum atomic E-state index is -3.88. The Morgan fingerprint density at radius 2 is 1.42 bits per heavy atom. The third-order valence-electron chi connectivity index (χ3n) is 4.71. The van der Waals surface area contributed by atoms with Crippen molar-refractivity contribution in [1.29, 1.82) is 0 Å². The smallest absolute Gasteiger partial charge is 0.225 e. The molecule has 4 rings (SSSR count). The summed E-state index contributed by atoms with van der Waals surface area (Å²) in [5.74, 6) is -0.670. The quantitative estimate of drug-likeness (QED) is 0.353. The van der Waals surface area contributed by atoms with Crippen LogP contribution in [0.15, 0.2) is 86.5 Å². The minimum Gasteiger partial charge on any atom is -0.225 e. The molecule has 2 N–H and O–H groups in total. The normalized spacial score (nSPS) is 12.1. The topological polar surface area (TPSA) is 107 Å². The first-order valence-electron chi connectivity index (χ1n) is 9.40. The van der Waals surface area contributed by atoms with Crippen molar-refractivity contribution in [2.45, 2.75) is 15.0 Å². The van der Waals surface area contributed by atoms with E-state index in [-0.39, 0.29) is 15.0 Å². The SMILES string of the molecule is NS(=O)(=O)c1ccc(-c2sc(S(=O)(=O)Cc3ccc(Br)cc3)nc2-c2ccc(F)cc2)cc1. The molecule has 0 bridgehead atoms. The summed E-state index contributed by atoms with van der Waals surface area (Å²) in [4.78, 5) is 4.84. The Morgan fingerprint density at radius 3 is 2.00 bits per heavy atom. The van der Waals surface area contributed by atoms with Gasteiger partial charge in [0.05, 0.1) is 21.2 Å². The number of thiazole rings is 1. The molecular weight excluding hydrogens is 551 g/mol. The van der Waals surface area contributed by atoms with Gasteiger partial charge in [0.1, 0.15) is 5.82 Å². The number of primary sulfonamides is 1. The Kier molecular flexibility index (Phi) is 6.52. The van der Waals surface area contributed by atoms with Crippen LogP contribution in [0, 0.1) is 5.82 Å². The van der Waals surface area contributed by atoms with Crippen LogP contribution in [0.2, 0.25) is 0 Å². The van der Waals surface area contributed by atoms with Crippen LogP contribution in [-0.2, 0) is 25.6 Å². The van der Waals surface area contributed by atoms with Gasteiger partial charge < -0.3 is 0 Å². The molecule has 0 radical (unpaired) electrons. The average molecular weight is 567 g/mol. The molecule has 0 saturated carbocycles. The summed E-state index contributed by atoms with van der Waals surface area (Å²) >= 11 is 4.30. The number of hydrogen-bond acceptors (Lipinski definition) is 6. The molecular formula is C22H16BrFN2O4S3. The molecule has 1 aromatic heterocycles. The Labute approximate surface area is 203 Å². The van der Waals surface area contributed by atoms with Crippen molar-refractivity contribution in [2.75, 3.05) is 0 Å². The number of sulfonamides is 1. The first-order valence-corrected chi connectivity index (χ1v) is 14.2.